The molecule has 10 nitrogen and oxygen atoms in total. The highest BCUT2D eigenvalue weighted by atomic mass is 16.7. The lowest BCUT2D eigenvalue weighted by Gasteiger charge is -2.32. The van der Waals surface area contributed by atoms with Gasteiger partial charge in [0.1, 0.15) is 5.69 Å². The second-order valence-electron chi connectivity index (χ2n) is 17.6. The largest absolute Gasteiger partial charge is 0.566 e. The van der Waals surface area contributed by atoms with Gasteiger partial charge in [0.15, 0.2) is 0 Å². The molecule has 0 saturated carbocycles. The van der Waals surface area contributed by atoms with Crippen molar-refractivity contribution in [2.45, 2.75) is 56.2 Å². The van der Waals surface area contributed by atoms with Crippen LogP contribution in [0.5, 0.6) is 0 Å². The molecule has 3 saturated heterocycles. The number of fused-ring (bicyclic) bond motifs is 1. The third kappa shape index (κ3) is 8.27. The van der Waals surface area contributed by atoms with E-state index in [2.05, 4.69) is 47.4 Å². The Labute approximate surface area is 379 Å². The Morgan fingerprint density at radius 3 is 1.86 bits per heavy atom. The Hall–Kier alpha value is -6.79. The molecule has 0 unspecified atom stereocenters. The van der Waals surface area contributed by atoms with Gasteiger partial charge in [-0.15, -0.1) is 0 Å². The van der Waals surface area contributed by atoms with E-state index in [0.29, 0.717) is 84.5 Å². The van der Waals surface area contributed by atoms with Gasteiger partial charge >= 0.3 is 13.1 Å². The van der Waals surface area contributed by atoms with Crippen molar-refractivity contribution in [2.75, 3.05) is 26.2 Å². The summed E-state index contributed by atoms with van der Waals surface area (Å²) in [6.45, 7) is 3.72. The average molecular weight is 862 g/mol. The van der Waals surface area contributed by atoms with E-state index in [-0.39, 0.29) is 11.8 Å². The third-order valence-corrected chi connectivity index (χ3v) is 13.7. The van der Waals surface area contributed by atoms with E-state index in [0.717, 1.165) is 53.3 Å². The van der Waals surface area contributed by atoms with Crippen LogP contribution in [0.1, 0.15) is 91.7 Å². The number of benzene rings is 6. The van der Waals surface area contributed by atoms with Crippen LogP contribution < -0.4 is 16.9 Å². The fourth-order valence-electron chi connectivity index (χ4n) is 10.1. The SMILES string of the molecule is NCc1cccc(C2CCN(C(=O)c3cccc(-c4cccc(B5OC(=O)[C@](c6ccccc6)(c6ccc7cc(C(=O)N8CCC(c9cccc(CN)c9)CC8)[nH]c7c6)O5)c4)c3)CC2)c1. The van der Waals surface area contributed by atoms with E-state index in [9.17, 15) is 14.4 Å². The number of carbonyl (C=O) groups is 3. The monoisotopic (exact) mass is 861 g/mol. The zero-order valence-corrected chi connectivity index (χ0v) is 36.3. The summed E-state index contributed by atoms with van der Waals surface area (Å²) in [5.41, 5.74) is 20.5. The lowest BCUT2D eigenvalue weighted by Crippen LogP contribution is -2.38. The number of nitrogens with one attached hydrogen (secondary N) is 1. The van der Waals surface area contributed by atoms with Crippen LogP contribution in [0.2, 0.25) is 0 Å². The third-order valence-electron chi connectivity index (χ3n) is 13.7. The number of likely N-dealkylation sites (tertiary alicyclic amines) is 2. The van der Waals surface area contributed by atoms with Crippen molar-refractivity contribution in [2.24, 2.45) is 11.5 Å². The van der Waals surface area contributed by atoms with Crippen molar-refractivity contribution in [1.29, 1.82) is 0 Å². The molecule has 0 spiro atoms. The molecule has 1 aromatic heterocycles. The van der Waals surface area contributed by atoms with Gasteiger partial charge in [0.05, 0.1) is 0 Å². The van der Waals surface area contributed by atoms with Crippen LogP contribution in [-0.2, 0) is 32.8 Å². The van der Waals surface area contributed by atoms with Crippen molar-refractivity contribution in [3.8, 4) is 11.1 Å². The van der Waals surface area contributed by atoms with Crippen LogP contribution in [-0.4, -0.2) is 65.9 Å². The Morgan fingerprint density at radius 2 is 1.22 bits per heavy atom. The number of hydrogen-bond acceptors (Lipinski definition) is 7. The molecule has 65 heavy (non-hydrogen) atoms. The molecule has 6 aromatic carbocycles. The molecule has 3 fully saturated rings. The predicted molar refractivity (Wildman–Crippen MR) is 254 cm³/mol. The fourth-order valence-corrected chi connectivity index (χ4v) is 10.1. The zero-order chi connectivity index (χ0) is 44.5. The molecule has 10 rings (SSSR count). The first-order valence-electron chi connectivity index (χ1n) is 22.7. The number of hydrogen-bond donors (Lipinski definition) is 3. The van der Waals surface area contributed by atoms with Gasteiger partial charge in [0, 0.05) is 61.3 Å². The van der Waals surface area contributed by atoms with E-state index < -0.39 is 18.7 Å². The van der Waals surface area contributed by atoms with E-state index in [1.54, 1.807) is 0 Å². The summed E-state index contributed by atoms with van der Waals surface area (Å²) in [7, 11) is -1.02. The second kappa shape index (κ2) is 18.0. The van der Waals surface area contributed by atoms with Crippen molar-refractivity contribution in [3.63, 3.8) is 0 Å². The number of piperidine rings is 2. The van der Waals surface area contributed by atoms with Gasteiger partial charge in [-0.2, -0.15) is 0 Å². The van der Waals surface area contributed by atoms with Gasteiger partial charge in [0.2, 0.25) is 5.60 Å². The van der Waals surface area contributed by atoms with Crippen LogP contribution in [0.4, 0.5) is 0 Å². The fraction of sp³-hybridized carbons (Fsp3) is 0.241. The molecule has 0 bridgehead atoms. The van der Waals surface area contributed by atoms with E-state index in [1.165, 1.54) is 11.1 Å². The van der Waals surface area contributed by atoms with Crippen molar-refractivity contribution in [3.05, 3.63) is 196 Å². The number of rotatable bonds is 10. The van der Waals surface area contributed by atoms with Crippen molar-refractivity contribution in [1.82, 2.24) is 14.8 Å². The molecule has 3 aliphatic rings. The first kappa shape index (κ1) is 42.2. The van der Waals surface area contributed by atoms with Crippen LogP contribution in [0.25, 0.3) is 22.0 Å². The minimum atomic E-state index is -1.58. The summed E-state index contributed by atoms with van der Waals surface area (Å²) in [6.07, 6.45) is 3.56. The van der Waals surface area contributed by atoms with Gasteiger partial charge < -0.3 is 35.6 Å². The summed E-state index contributed by atoms with van der Waals surface area (Å²) in [4.78, 5) is 49.3. The molecule has 11 heteroatoms. The number of H-pyrrole nitrogens is 1. The average Bonchev–Trinajstić information content (AvgIpc) is 3.98. The molecule has 5 N–H and O–H groups in total. The molecule has 1 atom stereocenters. The highest BCUT2D eigenvalue weighted by molar-refractivity contribution is 6.64. The van der Waals surface area contributed by atoms with Crippen LogP contribution in [0, 0.1) is 0 Å². The summed E-state index contributed by atoms with van der Waals surface area (Å²) in [6, 6.07) is 49.3. The number of aromatic nitrogens is 1. The van der Waals surface area contributed by atoms with Crippen LogP contribution >= 0.6 is 0 Å². The summed E-state index contributed by atoms with van der Waals surface area (Å²) in [5.74, 6) is 0.211. The molecule has 2 amide bonds. The van der Waals surface area contributed by atoms with Crippen molar-refractivity contribution < 1.29 is 23.7 Å². The molecule has 4 heterocycles. The molecule has 3 aliphatic heterocycles. The first-order valence-corrected chi connectivity index (χ1v) is 22.7. The Morgan fingerprint density at radius 1 is 0.615 bits per heavy atom. The number of nitrogens with two attached hydrogens (primary N) is 2. The number of aromatic amines is 1. The van der Waals surface area contributed by atoms with Gasteiger partial charge in [0.25, 0.3) is 11.8 Å². The number of carbonyl (C=O) groups excluding carboxylic acids is 3. The zero-order valence-electron chi connectivity index (χ0n) is 36.3. The van der Waals surface area contributed by atoms with E-state index in [1.807, 2.05) is 119 Å². The number of nitrogens with zero attached hydrogens (tertiary/aromatic N) is 2. The second-order valence-corrected chi connectivity index (χ2v) is 17.6. The Kier molecular flexibility index (Phi) is 11.7. The smallest absolute Gasteiger partial charge is 0.503 e. The van der Waals surface area contributed by atoms with E-state index in [4.69, 9.17) is 20.8 Å². The molecule has 7 aromatic rings. The molecular formula is C54H52BN5O5. The van der Waals surface area contributed by atoms with Crippen LogP contribution in [0.15, 0.2) is 152 Å². The van der Waals surface area contributed by atoms with Gasteiger partial charge in [-0.3, -0.25) is 9.59 Å². The molecule has 326 valence electrons. The normalized spacial score (nSPS) is 18.3. The highest BCUT2D eigenvalue weighted by Crippen LogP contribution is 2.41. The maximum Gasteiger partial charge on any atom is 0.566 e. The Bertz CT molecular complexity index is 2880. The van der Waals surface area contributed by atoms with E-state index >= 15 is 0 Å². The Balaban J connectivity index is 0.861. The molecule has 0 aliphatic carbocycles. The topological polar surface area (TPSA) is 144 Å². The van der Waals surface area contributed by atoms with Gasteiger partial charge in [-0.1, -0.05) is 127 Å². The quantitative estimate of drug-likeness (QED) is 0.118. The lowest BCUT2D eigenvalue weighted by atomic mass is 9.77. The lowest BCUT2D eigenvalue weighted by molar-refractivity contribution is -0.141. The standard InChI is InChI=1S/C54H52BN5O5/c56-34-36-8-4-10-40(28-36)38-20-24-59(25-21-38)51(61)45-14-6-12-42(30-45)43-13-7-17-48(31-43)55-64-53(63)54(65-55,46-15-2-1-3-16-46)47-19-18-44-32-50(58-49(44)33-47)52(62)60-26-22-39(23-27-60)41-11-5-9-37(29-41)35-57/h1-19,28-33,38-39,58H,20-27,34-35,56-57H2/t54-/m0/s1. The number of amides is 2. The van der Waals surface area contributed by atoms with Gasteiger partial charge in [-0.25, -0.2) is 4.79 Å². The molecule has 0 radical (unpaired) electrons. The highest BCUT2D eigenvalue weighted by Gasteiger charge is 2.56. The molecular weight excluding hydrogens is 809 g/mol. The summed E-state index contributed by atoms with van der Waals surface area (Å²) >= 11 is 0. The predicted octanol–water partition coefficient (Wildman–Crippen LogP) is 8.00. The first-order chi connectivity index (χ1) is 31.8. The maximum absolute atomic E-state index is 14.4. The minimum Gasteiger partial charge on any atom is -0.503 e. The maximum atomic E-state index is 14.4. The summed E-state index contributed by atoms with van der Waals surface area (Å²) in [5, 5.41) is 0.850. The minimum absolute atomic E-state index is 0.0128. The van der Waals surface area contributed by atoms with Crippen molar-refractivity contribution >= 4 is 41.3 Å². The van der Waals surface area contributed by atoms with Gasteiger partial charge in [-0.05, 0) is 106 Å². The van der Waals surface area contributed by atoms with Crippen LogP contribution in [0.3, 0.4) is 0 Å². The summed E-state index contributed by atoms with van der Waals surface area (Å²) < 4.78 is 13.0.